The fraction of sp³-hybridized carbons (Fsp3) is 0.474. The predicted octanol–water partition coefficient (Wildman–Crippen LogP) is 3.36. The molecule has 0 saturated carbocycles. The lowest BCUT2D eigenvalue weighted by atomic mass is 9.97. The van der Waals surface area contributed by atoms with E-state index in [9.17, 15) is 4.79 Å². The van der Waals surface area contributed by atoms with Crippen molar-refractivity contribution in [2.24, 2.45) is 0 Å². The molecule has 0 aliphatic carbocycles. The molecule has 0 radical (unpaired) electrons. The Hall–Kier alpha value is -1.85. The summed E-state index contributed by atoms with van der Waals surface area (Å²) in [6.45, 7) is 5.23. The van der Waals surface area contributed by atoms with Crippen molar-refractivity contribution in [3.63, 3.8) is 0 Å². The van der Waals surface area contributed by atoms with Crippen LogP contribution in [0, 0.1) is 0 Å². The standard InChI is InChI=1S/C19H22ClN3O2/c1-13(24)22-9-6-16(7-10-22)23-11-8-18-17(12-23)19(21-25-18)14-2-4-15(20)5-3-14/h2-5,16H,6-12H2,1H3. The van der Waals surface area contributed by atoms with Crippen molar-refractivity contribution < 1.29 is 9.32 Å². The Bertz CT molecular complexity index is 763. The second-order valence-electron chi connectivity index (χ2n) is 6.90. The number of nitrogens with zero attached hydrogens (tertiary/aromatic N) is 3. The van der Waals surface area contributed by atoms with E-state index < -0.39 is 0 Å². The Morgan fingerprint density at radius 3 is 2.60 bits per heavy atom. The number of hydrogen-bond donors (Lipinski definition) is 0. The van der Waals surface area contributed by atoms with Crippen molar-refractivity contribution in [1.29, 1.82) is 0 Å². The number of rotatable bonds is 2. The highest BCUT2D eigenvalue weighted by Gasteiger charge is 2.31. The summed E-state index contributed by atoms with van der Waals surface area (Å²) in [5.41, 5.74) is 3.17. The fourth-order valence-electron chi connectivity index (χ4n) is 3.92. The van der Waals surface area contributed by atoms with Gasteiger partial charge in [-0.2, -0.15) is 0 Å². The predicted molar refractivity (Wildman–Crippen MR) is 96.3 cm³/mol. The van der Waals surface area contributed by atoms with Crippen molar-refractivity contribution in [2.75, 3.05) is 19.6 Å². The lowest BCUT2D eigenvalue weighted by Crippen LogP contribution is -2.47. The summed E-state index contributed by atoms with van der Waals surface area (Å²) < 4.78 is 5.59. The smallest absolute Gasteiger partial charge is 0.219 e. The third kappa shape index (κ3) is 3.31. The van der Waals surface area contributed by atoms with Gasteiger partial charge in [0.15, 0.2) is 0 Å². The van der Waals surface area contributed by atoms with Gasteiger partial charge in [-0.1, -0.05) is 28.9 Å². The van der Waals surface area contributed by atoms with E-state index >= 15 is 0 Å². The van der Waals surface area contributed by atoms with E-state index in [0.717, 1.165) is 67.5 Å². The summed E-state index contributed by atoms with van der Waals surface area (Å²) in [6.07, 6.45) is 2.97. The van der Waals surface area contributed by atoms with E-state index in [2.05, 4.69) is 10.1 Å². The van der Waals surface area contributed by atoms with E-state index in [1.54, 1.807) is 6.92 Å². The van der Waals surface area contributed by atoms with Crippen LogP contribution in [0.15, 0.2) is 28.8 Å². The summed E-state index contributed by atoms with van der Waals surface area (Å²) in [7, 11) is 0. The number of likely N-dealkylation sites (tertiary alicyclic amines) is 1. The van der Waals surface area contributed by atoms with Gasteiger partial charge in [-0.25, -0.2) is 0 Å². The van der Waals surface area contributed by atoms with Crippen LogP contribution < -0.4 is 0 Å². The van der Waals surface area contributed by atoms with Gasteiger partial charge in [-0.15, -0.1) is 0 Å². The van der Waals surface area contributed by atoms with E-state index in [-0.39, 0.29) is 5.91 Å². The van der Waals surface area contributed by atoms with E-state index in [4.69, 9.17) is 16.1 Å². The number of benzene rings is 1. The zero-order chi connectivity index (χ0) is 17.4. The number of halogens is 1. The first-order valence-corrected chi connectivity index (χ1v) is 9.22. The van der Waals surface area contributed by atoms with Crippen LogP contribution in [0.1, 0.15) is 31.1 Å². The monoisotopic (exact) mass is 359 g/mol. The zero-order valence-corrected chi connectivity index (χ0v) is 15.1. The summed E-state index contributed by atoms with van der Waals surface area (Å²) in [4.78, 5) is 16.0. The molecule has 2 aliphatic heterocycles. The Morgan fingerprint density at radius 1 is 1.20 bits per heavy atom. The molecule has 5 nitrogen and oxygen atoms in total. The minimum atomic E-state index is 0.184. The Morgan fingerprint density at radius 2 is 1.92 bits per heavy atom. The first kappa shape index (κ1) is 16.6. The van der Waals surface area contributed by atoms with Gasteiger partial charge in [0.25, 0.3) is 0 Å². The number of amides is 1. The van der Waals surface area contributed by atoms with Crippen molar-refractivity contribution >= 4 is 17.5 Å². The average molecular weight is 360 g/mol. The first-order valence-electron chi connectivity index (χ1n) is 8.85. The van der Waals surface area contributed by atoms with Gasteiger partial charge in [0, 0.05) is 61.7 Å². The molecule has 1 fully saturated rings. The minimum Gasteiger partial charge on any atom is -0.360 e. The fourth-order valence-corrected chi connectivity index (χ4v) is 4.05. The molecule has 25 heavy (non-hydrogen) atoms. The minimum absolute atomic E-state index is 0.184. The number of piperidine rings is 1. The maximum absolute atomic E-state index is 11.5. The molecule has 1 saturated heterocycles. The maximum Gasteiger partial charge on any atom is 0.219 e. The lowest BCUT2D eigenvalue weighted by molar-refractivity contribution is -0.130. The van der Waals surface area contributed by atoms with Gasteiger partial charge in [0.2, 0.25) is 5.91 Å². The van der Waals surface area contributed by atoms with Crippen LogP contribution >= 0.6 is 11.6 Å². The number of carbonyl (C=O) groups is 1. The van der Waals surface area contributed by atoms with Crippen molar-refractivity contribution in [3.8, 4) is 11.3 Å². The third-order valence-corrected chi connectivity index (χ3v) is 5.65. The third-order valence-electron chi connectivity index (χ3n) is 5.40. The molecule has 1 aromatic carbocycles. The Balaban J connectivity index is 1.50. The first-order chi connectivity index (χ1) is 12.1. The highest BCUT2D eigenvalue weighted by atomic mass is 35.5. The van der Waals surface area contributed by atoms with Crippen molar-refractivity contribution in [3.05, 3.63) is 40.6 Å². The second-order valence-corrected chi connectivity index (χ2v) is 7.33. The van der Waals surface area contributed by atoms with Gasteiger partial charge in [0.1, 0.15) is 11.5 Å². The van der Waals surface area contributed by atoms with E-state index in [1.165, 1.54) is 5.56 Å². The zero-order valence-electron chi connectivity index (χ0n) is 14.4. The quantitative estimate of drug-likeness (QED) is 0.825. The van der Waals surface area contributed by atoms with Crippen LogP contribution in [0.5, 0.6) is 0 Å². The van der Waals surface area contributed by atoms with Gasteiger partial charge < -0.3 is 9.42 Å². The SMILES string of the molecule is CC(=O)N1CCC(N2CCc3onc(-c4ccc(Cl)cc4)c3C2)CC1. The molecule has 1 amide bonds. The normalized spacial score (nSPS) is 19.0. The topological polar surface area (TPSA) is 49.6 Å². The van der Waals surface area contributed by atoms with Crippen LogP contribution in [-0.4, -0.2) is 46.5 Å². The highest BCUT2D eigenvalue weighted by Crippen LogP contribution is 2.32. The van der Waals surface area contributed by atoms with E-state index in [1.807, 2.05) is 29.2 Å². The molecule has 1 aromatic heterocycles. The maximum atomic E-state index is 11.5. The summed E-state index contributed by atoms with van der Waals surface area (Å²) in [5.74, 6) is 1.19. The van der Waals surface area contributed by atoms with Crippen LogP contribution in [-0.2, 0) is 17.8 Å². The van der Waals surface area contributed by atoms with Gasteiger partial charge in [0.05, 0.1) is 0 Å². The second kappa shape index (κ2) is 6.81. The molecule has 132 valence electrons. The van der Waals surface area contributed by atoms with Gasteiger partial charge in [-0.3, -0.25) is 9.69 Å². The summed E-state index contributed by atoms with van der Waals surface area (Å²) in [6, 6.07) is 8.28. The number of aromatic nitrogens is 1. The number of hydrogen-bond acceptors (Lipinski definition) is 4. The number of fused-ring (bicyclic) bond motifs is 1. The highest BCUT2D eigenvalue weighted by molar-refractivity contribution is 6.30. The molecular weight excluding hydrogens is 338 g/mol. The van der Waals surface area contributed by atoms with Crippen LogP contribution in [0.25, 0.3) is 11.3 Å². The summed E-state index contributed by atoms with van der Waals surface area (Å²) in [5, 5.41) is 5.04. The Kier molecular flexibility index (Phi) is 4.52. The molecule has 3 heterocycles. The van der Waals surface area contributed by atoms with Crippen LogP contribution in [0.2, 0.25) is 5.02 Å². The molecule has 2 aliphatic rings. The van der Waals surface area contributed by atoms with Crippen molar-refractivity contribution in [2.45, 2.75) is 38.8 Å². The Labute approximate surface area is 152 Å². The molecule has 0 atom stereocenters. The molecule has 4 rings (SSSR count). The largest absolute Gasteiger partial charge is 0.360 e. The summed E-state index contributed by atoms with van der Waals surface area (Å²) >= 11 is 6.00. The van der Waals surface area contributed by atoms with Gasteiger partial charge in [-0.05, 0) is 25.0 Å². The molecule has 2 aromatic rings. The molecule has 6 heteroatoms. The molecule has 0 spiro atoms. The average Bonchev–Trinajstić information content (AvgIpc) is 3.05. The lowest BCUT2D eigenvalue weighted by Gasteiger charge is -2.39. The molecular formula is C19H22ClN3O2. The molecule has 0 unspecified atom stereocenters. The van der Waals surface area contributed by atoms with E-state index in [0.29, 0.717) is 6.04 Å². The van der Waals surface area contributed by atoms with Crippen LogP contribution in [0.4, 0.5) is 0 Å². The molecule has 0 N–H and O–H groups in total. The van der Waals surface area contributed by atoms with Crippen LogP contribution in [0.3, 0.4) is 0 Å². The number of carbonyl (C=O) groups excluding carboxylic acids is 1. The van der Waals surface area contributed by atoms with Crippen molar-refractivity contribution in [1.82, 2.24) is 15.0 Å². The molecule has 0 bridgehead atoms. The van der Waals surface area contributed by atoms with Gasteiger partial charge >= 0.3 is 0 Å².